The van der Waals surface area contributed by atoms with E-state index >= 15 is 0 Å². The summed E-state index contributed by atoms with van der Waals surface area (Å²) in [5.74, 6) is -0.309. The minimum absolute atomic E-state index is 0.0911. The van der Waals surface area contributed by atoms with Gasteiger partial charge in [0.25, 0.3) is 0 Å². The topological polar surface area (TPSA) is 58.6 Å². The van der Waals surface area contributed by atoms with E-state index in [1.165, 1.54) is 4.90 Å². The third kappa shape index (κ3) is 3.67. The minimum atomic E-state index is -0.410. The Bertz CT molecular complexity index is 560. The molecule has 6 heteroatoms. The number of hydrogen-bond donors (Lipinski definition) is 1. The lowest BCUT2D eigenvalue weighted by atomic mass is 10.1. The van der Waals surface area contributed by atoms with Gasteiger partial charge in [-0.1, -0.05) is 25.4 Å². The van der Waals surface area contributed by atoms with E-state index in [1.807, 2.05) is 13.8 Å². The fourth-order valence-corrected chi connectivity index (χ4v) is 2.28. The summed E-state index contributed by atoms with van der Waals surface area (Å²) < 4.78 is 5.15. The molecule has 1 aromatic carbocycles. The largest absolute Gasteiger partial charge is 0.464 e. The van der Waals surface area contributed by atoms with Crippen molar-refractivity contribution in [2.24, 2.45) is 5.92 Å². The number of benzene rings is 1. The van der Waals surface area contributed by atoms with Crippen molar-refractivity contribution in [2.75, 3.05) is 23.4 Å². The van der Waals surface area contributed by atoms with Crippen LogP contribution in [0.2, 0.25) is 5.02 Å². The van der Waals surface area contributed by atoms with Crippen LogP contribution in [0.5, 0.6) is 0 Å². The molecule has 1 heterocycles. The summed E-state index contributed by atoms with van der Waals surface area (Å²) in [4.78, 5) is 25.6. The molecule has 1 unspecified atom stereocenters. The lowest BCUT2D eigenvalue weighted by Gasteiger charge is -2.33. The van der Waals surface area contributed by atoms with Crippen molar-refractivity contribution < 1.29 is 14.3 Å². The Morgan fingerprint density at radius 2 is 2.19 bits per heavy atom. The molecule has 0 fully saturated rings. The van der Waals surface area contributed by atoms with E-state index in [-0.39, 0.29) is 18.4 Å². The predicted molar refractivity (Wildman–Crippen MR) is 82.7 cm³/mol. The zero-order valence-electron chi connectivity index (χ0n) is 12.4. The zero-order valence-corrected chi connectivity index (χ0v) is 13.1. The maximum Gasteiger partial charge on any atom is 0.326 e. The second-order valence-corrected chi connectivity index (χ2v) is 5.97. The normalized spacial score (nSPS) is 17.5. The molecule has 1 atom stereocenters. The van der Waals surface area contributed by atoms with Gasteiger partial charge in [-0.2, -0.15) is 0 Å². The van der Waals surface area contributed by atoms with Gasteiger partial charge in [0.2, 0.25) is 5.91 Å². The second kappa shape index (κ2) is 6.35. The molecule has 1 aromatic rings. The van der Waals surface area contributed by atoms with E-state index in [0.717, 1.165) is 5.69 Å². The van der Waals surface area contributed by atoms with Gasteiger partial charge < -0.3 is 10.1 Å². The van der Waals surface area contributed by atoms with Gasteiger partial charge in [-0.15, -0.1) is 0 Å². The highest BCUT2D eigenvalue weighted by Crippen LogP contribution is 2.33. The SMILES string of the molecule is CC(C)COC(=O)CN1C(=O)C(C)Nc2cc(Cl)ccc21. The number of anilines is 2. The highest BCUT2D eigenvalue weighted by Gasteiger charge is 2.31. The second-order valence-electron chi connectivity index (χ2n) is 5.53. The molecule has 5 nitrogen and oxygen atoms in total. The molecule has 0 aliphatic carbocycles. The summed E-state index contributed by atoms with van der Waals surface area (Å²) in [5.41, 5.74) is 1.38. The first-order valence-electron chi connectivity index (χ1n) is 6.91. The van der Waals surface area contributed by atoms with Crippen molar-refractivity contribution in [3.63, 3.8) is 0 Å². The molecule has 1 N–H and O–H groups in total. The molecule has 0 saturated heterocycles. The van der Waals surface area contributed by atoms with Crippen LogP contribution in [0.4, 0.5) is 11.4 Å². The van der Waals surface area contributed by atoms with E-state index < -0.39 is 12.0 Å². The molecular weight excluding hydrogens is 292 g/mol. The number of halogens is 1. The maximum absolute atomic E-state index is 12.3. The first kappa shape index (κ1) is 15.6. The fourth-order valence-electron chi connectivity index (χ4n) is 2.10. The van der Waals surface area contributed by atoms with Crippen LogP contribution in [0, 0.1) is 5.92 Å². The Hall–Kier alpha value is -1.75. The average molecular weight is 311 g/mol. The van der Waals surface area contributed by atoms with Gasteiger partial charge in [-0.3, -0.25) is 14.5 Å². The third-order valence-electron chi connectivity index (χ3n) is 3.12. The van der Waals surface area contributed by atoms with Crippen LogP contribution in [0.1, 0.15) is 20.8 Å². The van der Waals surface area contributed by atoms with Crippen LogP contribution in [0.25, 0.3) is 0 Å². The van der Waals surface area contributed by atoms with E-state index in [0.29, 0.717) is 17.3 Å². The zero-order chi connectivity index (χ0) is 15.6. The van der Waals surface area contributed by atoms with Crippen molar-refractivity contribution in [3.8, 4) is 0 Å². The Morgan fingerprint density at radius 1 is 1.48 bits per heavy atom. The Kier molecular flexibility index (Phi) is 4.73. The standard InChI is InChI=1S/C15H19ClN2O3/c1-9(2)8-21-14(19)7-18-13-5-4-11(16)6-12(13)17-10(3)15(18)20/h4-6,9-10,17H,7-8H2,1-3H3. The van der Waals surface area contributed by atoms with E-state index in [1.54, 1.807) is 25.1 Å². The molecule has 21 heavy (non-hydrogen) atoms. The van der Waals surface area contributed by atoms with E-state index in [4.69, 9.17) is 16.3 Å². The van der Waals surface area contributed by atoms with Crippen LogP contribution < -0.4 is 10.2 Å². The van der Waals surface area contributed by atoms with E-state index in [9.17, 15) is 9.59 Å². The molecule has 0 aromatic heterocycles. The number of esters is 1. The lowest BCUT2D eigenvalue weighted by Crippen LogP contribution is -2.48. The predicted octanol–water partition coefficient (Wildman–Crippen LogP) is 2.69. The summed E-state index contributed by atoms with van der Waals surface area (Å²) in [5, 5.41) is 3.65. The molecular formula is C15H19ClN2O3. The smallest absolute Gasteiger partial charge is 0.326 e. The highest BCUT2D eigenvalue weighted by molar-refractivity contribution is 6.31. The number of amides is 1. The molecule has 2 rings (SSSR count). The van der Waals surface area contributed by atoms with Crippen molar-refractivity contribution in [1.82, 2.24) is 0 Å². The van der Waals surface area contributed by atoms with Crippen molar-refractivity contribution in [2.45, 2.75) is 26.8 Å². The van der Waals surface area contributed by atoms with Gasteiger partial charge in [0, 0.05) is 5.02 Å². The summed E-state index contributed by atoms with van der Waals surface area (Å²) in [6.45, 7) is 5.93. The van der Waals surface area contributed by atoms with Gasteiger partial charge in [0.05, 0.1) is 18.0 Å². The molecule has 0 bridgehead atoms. The highest BCUT2D eigenvalue weighted by atomic mass is 35.5. The number of fused-ring (bicyclic) bond motifs is 1. The monoisotopic (exact) mass is 310 g/mol. The molecule has 1 aliphatic heterocycles. The van der Waals surface area contributed by atoms with E-state index in [2.05, 4.69) is 5.32 Å². The first-order chi connectivity index (χ1) is 9.88. The molecule has 114 valence electrons. The van der Waals surface area contributed by atoms with Crippen LogP contribution in [0.3, 0.4) is 0 Å². The third-order valence-corrected chi connectivity index (χ3v) is 3.36. The molecule has 1 aliphatic rings. The summed E-state index contributed by atoms with van der Waals surface area (Å²) in [6.07, 6.45) is 0. The number of rotatable bonds is 4. The Morgan fingerprint density at radius 3 is 2.86 bits per heavy atom. The minimum Gasteiger partial charge on any atom is -0.464 e. The van der Waals surface area contributed by atoms with Crippen molar-refractivity contribution in [3.05, 3.63) is 23.2 Å². The number of carbonyl (C=O) groups is 2. The lowest BCUT2D eigenvalue weighted by molar-refractivity contribution is -0.144. The maximum atomic E-state index is 12.3. The van der Waals surface area contributed by atoms with Gasteiger partial charge >= 0.3 is 5.97 Å². The van der Waals surface area contributed by atoms with Gasteiger partial charge in [0.1, 0.15) is 12.6 Å². The summed E-state index contributed by atoms with van der Waals surface area (Å²) in [7, 11) is 0. The molecule has 0 saturated carbocycles. The molecule has 0 radical (unpaired) electrons. The number of nitrogens with zero attached hydrogens (tertiary/aromatic N) is 1. The number of hydrogen-bond acceptors (Lipinski definition) is 4. The van der Waals surface area contributed by atoms with Gasteiger partial charge in [-0.25, -0.2) is 0 Å². The average Bonchev–Trinajstić information content (AvgIpc) is 2.41. The van der Waals surface area contributed by atoms with Crippen LogP contribution in [-0.2, 0) is 14.3 Å². The van der Waals surface area contributed by atoms with Gasteiger partial charge in [0.15, 0.2) is 0 Å². The van der Waals surface area contributed by atoms with Crippen LogP contribution in [-0.4, -0.2) is 31.1 Å². The Labute approximate surface area is 129 Å². The number of carbonyl (C=O) groups excluding carboxylic acids is 2. The van der Waals surface area contributed by atoms with Crippen molar-refractivity contribution in [1.29, 1.82) is 0 Å². The Balaban J connectivity index is 2.18. The number of nitrogens with one attached hydrogen (secondary N) is 1. The quantitative estimate of drug-likeness (QED) is 0.869. The van der Waals surface area contributed by atoms with Crippen molar-refractivity contribution >= 4 is 34.9 Å². The van der Waals surface area contributed by atoms with Gasteiger partial charge in [-0.05, 0) is 31.0 Å². The molecule has 1 amide bonds. The summed E-state index contributed by atoms with van der Waals surface area (Å²) >= 11 is 5.96. The van der Waals surface area contributed by atoms with Crippen LogP contribution in [0.15, 0.2) is 18.2 Å². The fraction of sp³-hybridized carbons (Fsp3) is 0.467. The molecule has 0 spiro atoms. The number of ether oxygens (including phenoxy) is 1. The first-order valence-corrected chi connectivity index (χ1v) is 7.29. The van der Waals surface area contributed by atoms with Crippen LogP contribution >= 0.6 is 11.6 Å². The summed E-state index contributed by atoms with van der Waals surface area (Å²) in [6, 6.07) is 4.75.